The van der Waals surface area contributed by atoms with Crippen LogP contribution >= 0.6 is 0 Å². The van der Waals surface area contributed by atoms with Crippen molar-refractivity contribution in [3.05, 3.63) is 72.9 Å². The summed E-state index contributed by atoms with van der Waals surface area (Å²) in [5.74, 6) is -2.00. The smallest absolute Gasteiger partial charge is 0.361 e. The van der Waals surface area contributed by atoms with Crippen LogP contribution in [0.25, 0.3) is 0 Å². The first-order valence-corrected chi connectivity index (χ1v) is 32.6. The van der Waals surface area contributed by atoms with Crippen molar-refractivity contribution in [2.24, 2.45) is 0 Å². The number of carbonyl (C=O) groups excluding carboxylic acids is 2. The Kier molecular flexibility index (Phi) is 57.3. The van der Waals surface area contributed by atoms with Crippen molar-refractivity contribution in [2.75, 3.05) is 47.5 Å². The Morgan fingerprint density at radius 1 is 0.397 bits per heavy atom. The Balaban J connectivity index is 3.97. The predicted molar refractivity (Wildman–Crippen MR) is 332 cm³/mol. The molecule has 0 aliphatic carbocycles. The van der Waals surface area contributed by atoms with Gasteiger partial charge < -0.3 is 28.5 Å². The quantitative estimate of drug-likeness (QED) is 0.0211. The lowest BCUT2D eigenvalue weighted by Gasteiger charge is -2.25. The molecular weight excluding hydrogens is 971 g/mol. The van der Waals surface area contributed by atoms with Gasteiger partial charge in [0, 0.05) is 12.8 Å². The summed E-state index contributed by atoms with van der Waals surface area (Å²) in [6.07, 6.45) is 75.9. The molecule has 0 aromatic heterocycles. The normalized spacial score (nSPS) is 13.2. The molecule has 9 nitrogen and oxygen atoms in total. The average Bonchev–Trinajstić information content (AvgIpc) is 3.41. The number of nitrogens with zero attached hydrogens (tertiary/aromatic N) is 1. The average molecular weight is 1100 g/mol. The second kappa shape index (κ2) is 59.8. The third-order valence-corrected chi connectivity index (χ3v) is 14.2. The number of hydrogen-bond acceptors (Lipinski definition) is 7. The van der Waals surface area contributed by atoms with E-state index in [9.17, 15) is 19.5 Å². The zero-order chi connectivity index (χ0) is 56.9. The number of allylic oxidation sites excluding steroid dienone is 12. The Labute approximate surface area is 481 Å². The topological polar surface area (TPSA) is 108 Å². The molecule has 0 saturated carbocycles. The van der Waals surface area contributed by atoms with Gasteiger partial charge in [-0.2, -0.15) is 0 Å². The van der Waals surface area contributed by atoms with Crippen LogP contribution in [-0.4, -0.2) is 87.4 Å². The number of likely N-dealkylation sites (N-methyl/N-ethyl adjacent to an activating group) is 1. The largest absolute Gasteiger partial charge is 0.477 e. The number of quaternary nitrogens is 1. The van der Waals surface area contributed by atoms with Gasteiger partial charge in [-0.3, -0.25) is 9.59 Å². The number of unbranched alkanes of at least 4 members (excludes halogenated alkanes) is 33. The van der Waals surface area contributed by atoms with Crippen molar-refractivity contribution < 1.29 is 42.9 Å². The molecule has 0 rings (SSSR count). The lowest BCUT2D eigenvalue weighted by molar-refractivity contribution is -0.870. The van der Waals surface area contributed by atoms with E-state index in [-0.39, 0.29) is 32.2 Å². The highest BCUT2D eigenvalue weighted by Gasteiger charge is 2.25. The number of carbonyl (C=O) groups is 3. The van der Waals surface area contributed by atoms with Gasteiger partial charge in [0.05, 0.1) is 34.4 Å². The van der Waals surface area contributed by atoms with Crippen molar-refractivity contribution in [3.63, 3.8) is 0 Å². The van der Waals surface area contributed by atoms with E-state index in [0.29, 0.717) is 17.4 Å². The van der Waals surface area contributed by atoms with Gasteiger partial charge in [-0.15, -0.1) is 0 Å². The highest BCUT2D eigenvalue weighted by molar-refractivity contribution is 5.71. The number of hydrogen-bond donors (Lipinski definition) is 1. The Bertz CT molecular complexity index is 1510. The maximum atomic E-state index is 12.9. The van der Waals surface area contributed by atoms with Crippen LogP contribution in [0.2, 0.25) is 0 Å². The van der Waals surface area contributed by atoms with Gasteiger partial charge in [0.25, 0.3) is 6.29 Å². The molecule has 0 aromatic rings. The summed E-state index contributed by atoms with van der Waals surface area (Å²) < 4.78 is 22.9. The highest BCUT2D eigenvalue weighted by atomic mass is 16.7. The summed E-state index contributed by atoms with van der Waals surface area (Å²) in [4.78, 5) is 37.4. The number of carboxylic acids is 1. The highest BCUT2D eigenvalue weighted by Crippen LogP contribution is 2.17. The molecule has 9 heteroatoms. The summed E-state index contributed by atoms with van der Waals surface area (Å²) in [5, 5.41) is 9.71. The van der Waals surface area contributed by atoms with Crippen LogP contribution in [0, 0.1) is 0 Å². The van der Waals surface area contributed by atoms with Crippen molar-refractivity contribution in [2.45, 2.75) is 302 Å². The molecule has 2 unspecified atom stereocenters. The van der Waals surface area contributed by atoms with Gasteiger partial charge in [-0.25, -0.2) is 4.79 Å². The maximum absolute atomic E-state index is 12.9. The summed E-state index contributed by atoms with van der Waals surface area (Å²) >= 11 is 0. The monoisotopic (exact) mass is 1090 g/mol. The van der Waals surface area contributed by atoms with Gasteiger partial charge >= 0.3 is 17.9 Å². The van der Waals surface area contributed by atoms with Crippen LogP contribution in [-0.2, 0) is 33.3 Å². The number of ether oxygens (including phenoxy) is 4. The lowest BCUT2D eigenvalue weighted by Crippen LogP contribution is -2.40. The fourth-order valence-corrected chi connectivity index (χ4v) is 9.21. The maximum Gasteiger partial charge on any atom is 0.361 e. The molecule has 452 valence electrons. The molecule has 0 aliphatic heterocycles. The van der Waals surface area contributed by atoms with Gasteiger partial charge in [-0.1, -0.05) is 267 Å². The van der Waals surface area contributed by atoms with E-state index >= 15 is 0 Å². The van der Waals surface area contributed by atoms with Crippen LogP contribution in [0.5, 0.6) is 0 Å². The summed E-state index contributed by atoms with van der Waals surface area (Å²) in [5.41, 5.74) is 0. The number of carboxylic acid groups (broad SMARTS) is 1. The Hall–Kier alpha value is -3.27. The first kappa shape index (κ1) is 74.7. The second-order valence-electron chi connectivity index (χ2n) is 23.0. The van der Waals surface area contributed by atoms with Gasteiger partial charge in [-0.05, 0) is 83.5 Å². The van der Waals surface area contributed by atoms with Crippen LogP contribution in [0.1, 0.15) is 290 Å². The van der Waals surface area contributed by atoms with Gasteiger partial charge in [0.15, 0.2) is 6.10 Å². The minimum absolute atomic E-state index is 0.184. The van der Waals surface area contributed by atoms with Crippen LogP contribution in [0.4, 0.5) is 0 Å². The molecule has 2 atom stereocenters. The van der Waals surface area contributed by atoms with Crippen LogP contribution in [0.3, 0.4) is 0 Å². The van der Waals surface area contributed by atoms with Gasteiger partial charge in [0.2, 0.25) is 0 Å². The van der Waals surface area contributed by atoms with E-state index in [1.807, 2.05) is 21.1 Å². The van der Waals surface area contributed by atoms with Crippen molar-refractivity contribution in [3.8, 4) is 0 Å². The van der Waals surface area contributed by atoms with Crippen LogP contribution in [0.15, 0.2) is 72.9 Å². The van der Waals surface area contributed by atoms with E-state index in [4.69, 9.17) is 18.9 Å². The molecule has 0 aliphatic rings. The molecule has 0 bridgehead atoms. The molecule has 78 heavy (non-hydrogen) atoms. The number of rotatable bonds is 60. The molecule has 0 saturated heterocycles. The summed E-state index contributed by atoms with van der Waals surface area (Å²) in [6.45, 7) is 4.77. The summed E-state index contributed by atoms with van der Waals surface area (Å²) in [7, 11) is 5.97. The Morgan fingerprint density at radius 2 is 0.731 bits per heavy atom. The zero-order valence-corrected chi connectivity index (χ0v) is 51.6. The van der Waals surface area contributed by atoms with Crippen LogP contribution < -0.4 is 0 Å². The molecule has 0 radical (unpaired) electrons. The minimum Gasteiger partial charge on any atom is -0.477 e. The molecular formula is C69H124NO8+. The molecule has 0 spiro atoms. The van der Waals surface area contributed by atoms with Crippen molar-refractivity contribution >= 4 is 17.9 Å². The number of esters is 2. The molecule has 0 heterocycles. The fraction of sp³-hybridized carbons (Fsp3) is 0.783. The SMILES string of the molecule is CC/C=C\C/C=C\C/C=C\C/C=C\C/C=C\CCCCCCCCCCCCCCCCCCCCCCCCCC(=O)OC(COC(=O)CCCCCCC/C=C\CCCCCCC)COC(OCC[N+](C)(C)C)C(=O)O. The molecule has 0 aromatic carbocycles. The van der Waals surface area contributed by atoms with Crippen molar-refractivity contribution in [1.82, 2.24) is 0 Å². The minimum atomic E-state index is -1.51. The lowest BCUT2D eigenvalue weighted by atomic mass is 10.0. The van der Waals surface area contributed by atoms with Gasteiger partial charge in [0.1, 0.15) is 13.2 Å². The Morgan fingerprint density at radius 3 is 1.10 bits per heavy atom. The third-order valence-electron chi connectivity index (χ3n) is 14.2. The molecule has 0 amide bonds. The van der Waals surface area contributed by atoms with E-state index in [2.05, 4.69) is 86.8 Å². The first-order valence-electron chi connectivity index (χ1n) is 32.6. The number of aliphatic carboxylic acids is 1. The summed E-state index contributed by atoms with van der Waals surface area (Å²) in [6, 6.07) is 0. The third kappa shape index (κ3) is 60.4. The second-order valence-corrected chi connectivity index (χ2v) is 23.0. The zero-order valence-electron chi connectivity index (χ0n) is 51.6. The van der Waals surface area contributed by atoms with E-state index in [1.165, 1.54) is 173 Å². The molecule has 1 N–H and O–H groups in total. The van der Waals surface area contributed by atoms with E-state index in [0.717, 1.165) is 89.9 Å². The van der Waals surface area contributed by atoms with Crippen molar-refractivity contribution in [1.29, 1.82) is 0 Å². The predicted octanol–water partition coefficient (Wildman–Crippen LogP) is 19.7. The van der Waals surface area contributed by atoms with E-state index < -0.39 is 24.3 Å². The first-order chi connectivity index (χ1) is 38.1. The molecule has 0 fully saturated rings. The van der Waals surface area contributed by atoms with E-state index in [1.54, 1.807) is 0 Å². The fourth-order valence-electron chi connectivity index (χ4n) is 9.21. The standard InChI is InChI=1S/C69H123NO8/c1-6-8-10-12-14-16-18-20-22-23-24-25-26-27-28-29-30-31-32-33-34-35-36-37-38-39-40-41-42-43-44-45-46-48-50-52-54-56-58-60-67(72)78-65(64-77-69(68(73)74)75-62-61-70(3,4)5)63-76-66(71)59-57-55-53-51-49-47-21-19-17-15-13-11-9-7-2/h8,10,14,16,19-22,24-25,27-28,65,69H,6-7,9,11-13,15,17-18,23,26,29-64H2,1-5H3/p+1/b10-8-,16-14-,21-19-,22-20-,25-24-,28-27-.